The number of nitrogens with zero attached hydrogens (tertiary/aromatic N) is 4. The predicted octanol–water partition coefficient (Wildman–Crippen LogP) is 13.2. The summed E-state index contributed by atoms with van der Waals surface area (Å²) in [6.07, 6.45) is 0. The van der Waals surface area contributed by atoms with Crippen LogP contribution in [0, 0.1) is 0 Å². The maximum absolute atomic E-state index is 6.33. The van der Waals surface area contributed by atoms with Crippen molar-refractivity contribution in [1.82, 2.24) is 19.5 Å². The van der Waals surface area contributed by atoms with E-state index in [-0.39, 0.29) is 0 Å². The van der Waals surface area contributed by atoms with Gasteiger partial charge in [0.25, 0.3) is 0 Å². The topological polar surface area (TPSA) is 56.7 Å². The Kier molecular flexibility index (Phi) is 7.42. The Labute approximate surface area is 322 Å². The molecule has 0 aliphatic rings. The van der Waals surface area contributed by atoms with Crippen molar-refractivity contribution in [3.05, 3.63) is 194 Å². The van der Waals surface area contributed by atoms with Crippen LogP contribution in [-0.4, -0.2) is 19.5 Å². The molecular formula is C51H32N4O. The molecule has 0 N–H and O–H groups in total. The molecule has 11 aromatic rings. The molecule has 0 aliphatic carbocycles. The van der Waals surface area contributed by atoms with E-state index in [9.17, 15) is 0 Å². The molecule has 5 nitrogen and oxygen atoms in total. The SMILES string of the molecule is c1ccc(-c2cc(-c3ccccc3)cc(-c3nc(-c4ccc5c6ccccc6n(-c6ccccc6)c5c4)nc(-c4cccc5oc6ccccc6c45)n3)c2)cc1. The first-order valence-electron chi connectivity index (χ1n) is 18.8. The molecule has 0 saturated heterocycles. The van der Waals surface area contributed by atoms with E-state index in [0.29, 0.717) is 17.5 Å². The summed E-state index contributed by atoms with van der Waals surface area (Å²) < 4.78 is 8.66. The van der Waals surface area contributed by atoms with E-state index >= 15 is 0 Å². The van der Waals surface area contributed by atoms with Crippen LogP contribution in [0.5, 0.6) is 0 Å². The quantitative estimate of drug-likeness (QED) is 0.172. The number of hydrogen-bond acceptors (Lipinski definition) is 4. The molecule has 0 unspecified atom stereocenters. The predicted molar refractivity (Wildman–Crippen MR) is 229 cm³/mol. The Hall–Kier alpha value is -7.63. The van der Waals surface area contributed by atoms with Crippen LogP contribution in [0.3, 0.4) is 0 Å². The summed E-state index contributed by atoms with van der Waals surface area (Å²) in [4.78, 5) is 15.9. The van der Waals surface area contributed by atoms with E-state index in [0.717, 1.165) is 77.6 Å². The van der Waals surface area contributed by atoms with Crippen molar-refractivity contribution in [2.45, 2.75) is 0 Å². The van der Waals surface area contributed by atoms with Gasteiger partial charge in [-0.1, -0.05) is 140 Å². The number of para-hydroxylation sites is 3. The van der Waals surface area contributed by atoms with Crippen molar-refractivity contribution >= 4 is 43.7 Å². The van der Waals surface area contributed by atoms with Gasteiger partial charge in [-0.2, -0.15) is 0 Å². The normalized spacial score (nSPS) is 11.6. The fraction of sp³-hybridized carbons (Fsp3) is 0. The standard InChI is InChI=1S/C51H32N4O/c1-4-15-33(16-5-1)36-29-37(34-17-6-2-7-18-34)31-38(30-36)50-52-49(53-51(54-50)43-23-14-26-47-48(43)42-22-11-13-25-46(42)56-47)35-27-28-41-40-21-10-12-24-44(40)55(45(41)32-35)39-19-8-3-9-20-39/h1-32H. The van der Waals surface area contributed by atoms with Gasteiger partial charge in [-0.05, 0) is 76.9 Å². The van der Waals surface area contributed by atoms with Gasteiger partial charge in [-0.25, -0.2) is 15.0 Å². The van der Waals surface area contributed by atoms with Gasteiger partial charge >= 0.3 is 0 Å². The lowest BCUT2D eigenvalue weighted by atomic mass is 9.96. The van der Waals surface area contributed by atoms with Gasteiger partial charge < -0.3 is 8.98 Å². The maximum atomic E-state index is 6.33. The second-order valence-electron chi connectivity index (χ2n) is 14.0. The third-order valence-corrected chi connectivity index (χ3v) is 10.6. The highest BCUT2D eigenvalue weighted by molar-refractivity contribution is 6.12. The summed E-state index contributed by atoms with van der Waals surface area (Å²) in [6, 6.07) is 67.5. The van der Waals surface area contributed by atoms with Crippen LogP contribution in [-0.2, 0) is 0 Å². The molecule has 0 atom stereocenters. The van der Waals surface area contributed by atoms with Crippen LogP contribution in [0.1, 0.15) is 0 Å². The molecule has 8 aromatic carbocycles. The smallest absolute Gasteiger partial charge is 0.164 e. The number of furan rings is 1. The Morgan fingerprint density at radius 2 is 0.893 bits per heavy atom. The Balaban J connectivity index is 1.19. The average molecular weight is 717 g/mol. The monoisotopic (exact) mass is 716 g/mol. The van der Waals surface area contributed by atoms with Crippen molar-refractivity contribution in [1.29, 1.82) is 0 Å². The highest BCUT2D eigenvalue weighted by Crippen LogP contribution is 2.39. The van der Waals surface area contributed by atoms with E-state index in [2.05, 4.69) is 156 Å². The minimum absolute atomic E-state index is 0.581. The average Bonchev–Trinajstić information content (AvgIpc) is 3.83. The zero-order valence-corrected chi connectivity index (χ0v) is 30.2. The number of fused-ring (bicyclic) bond motifs is 6. The van der Waals surface area contributed by atoms with E-state index in [4.69, 9.17) is 19.4 Å². The summed E-state index contributed by atoms with van der Waals surface area (Å²) in [5.41, 5.74) is 12.0. The van der Waals surface area contributed by atoms with Crippen LogP contribution >= 0.6 is 0 Å². The van der Waals surface area contributed by atoms with Crippen molar-refractivity contribution in [2.24, 2.45) is 0 Å². The lowest BCUT2D eigenvalue weighted by Crippen LogP contribution is -2.01. The molecule has 0 fully saturated rings. The number of rotatable bonds is 6. The Bertz CT molecular complexity index is 3180. The number of hydrogen-bond donors (Lipinski definition) is 0. The Morgan fingerprint density at radius 3 is 1.62 bits per heavy atom. The summed E-state index contributed by atoms with van der Waals surface area (Å²) in [5.74, 6) is 1.76. The van der Waals surface area contributed by atoms with Gasteiger partial charge in [0.15, 0.2) is 17.5 Å². The lowest BCUT2D eigenvalue weighted by molar-refractivity contribution is 0.669. The molecule has 5 heteroatoms. The Morgan fingerprint density at radius 1 is 0.339 bits per heavy atom. The van der Waals surface area contributed by atoms with Crippen LogP contribution in [0.25, 0.3) is 106 Å². The minimum atomic E-state index is 0.581. The van der Waals surface area contributed by atoms with Gasteiger partial charge in [0, 0.05) is 43.9 Å². The van der Waals surface area contributed by atoms with Gasteiger partial charge in [-0.15, -0.1) is 0 Å². The van der Waals surface area contributed by atoms with E-state index < -0.39 is 0 Å². The molecule has 3 heterocycles. The van der Waals surface area contributed by atoms with E-state index in [1.54, 1.807) is 0 Å². The first-order chi connectivity index (χ1) is 27.7. The van der Waals surface area contributed by atoms with Crippen molar-refractivity contribution in [3.63, 3.8) is 0 Å². The largest absolute Gasteiger partial charge is 0.456 e. The lowest BCUT2D eigenvalue weighted by Gasteiger charge is -2.13. The van der Waals surface area contributed by atoms with Gasteiger partial charge in [0.1, 0.15) is 11.2 Å². The molecule has 11 rings (SSSR count). The molecular weight excluding hydrogens is 685 g/mol. The molecule has 0 amide bonds. The van der Waals surface area contributed by atoms with Crippen molar-refractivity contribution < 1.29 is 4.42 Å². The first kappa shape index (κ1) is 31.9. The molecule has 0 spiro atoms. The number of aromatic nitrogens is 4. The first-order valence-corrected chi connectivity index (χ1v) is 18.8. The zero-order chi connectivity index (χ0) is 37.0. The third kappa shape index (κ3) is 5.37. The summed E-state index contributed by atoms with van der Waals surface area (Å²) >= 11 is 0. The molecule has 56 heavy (non-hydrogen) atoms. The number of benzene rings is 8. The summed E-state index contributed by atoms with van der Waals surface area (Å²) in [7, 11) is 0. The summed E-state index contributed by atoms with van der Waals surface area (Å²) in [6.45, 7) is 0. The highest BCUT2D eigenvalue weighted by atomic mass is 16.3. The third-order valence-electron chi connectivity index (χ3n) is 10.6. The van der Waals surface area contributed by atoms with E-state index in [1.807, 2.05) is 42.5 Å². The molecule has 262 valence electrons. The fourth-order valence-corrected chi connectivity index (χ4v) is 8.03. The zero-order valence-electron chi connectivity index (χ0n) is 30.2. The maximum Gasteiger partial charge on any atom is 0.164 e. The molecule has 0 radical (unpaired) electrons. The molecule has 0 bridgehead atoms. The van der Waals surface area contributed by atoms with Crippen LogP contribution in [0.2, 0.25) is 0 Å². The van der Waals surface area contributed by atoms with Crippen molar-refractivity contribution in [3.8, 4) is 62.1 Å². The van der Waals surface area contributed by atoms with E-state index in [1.165, 1.54) is 10.8 Å². The van der Waals surface area contributed by atoms with Gasteiger partial charge in [0.2, 0.25) is 0 Å². The van der Waals surface area contributed by atoms with Crippen molar-refractivity contribution in [2.75, 3.05) is 0 Å². The second kappa shape index (κ2) is 13.0. The van der Waals surface area contributed by atoms with Gasteiger partial charge in [-0.3, -0.25) is 0 Å². The molecule has 3 aromatic heterocycles. The summed E-state index contributed by atoms with van der Waals surface area (Å²) in [5, 5.41) is 4.36. The van der Waals surface area contributed by atoms with Gasteiger partial charge in [0.05, 0.1) is 11.0 Å². The molecule has 0 aliphatic heterocycles. The highest BCUT2D eigenvalue weighted by Gasteiger charge is 2.20. The van der Waals surface area contributed by atoms with Crippen LogP contribution in [0.4, 0.5) is 0 Å². The fourth-order valence-electron chi connectivity index (χ4n) is 8.03. The van der Waals surface area contributed by atoms with Crippen LogP contribution in [0.15, 0.2) is 199 Å². The van der Waals surface area contributed by atoms with Crippen LogP contribution < -0.4 is 0 Å². The minimum Gasteiger partial charge on any atom is -0.456 e. The molecule has 0 saturated carbocycles. The second-order valence-corrected chi connectivity index (χ2v) is 14.0.